The molecule has 3 atom stereocenters. The van der Waals surface area contributed by atoms with E-state index in [0.717, 1.165) is 29.3 Å². The van der Waals surface area contributed by atoms with Crippen LogP contribution in [0.25, 0.3) is 0 Å². The van der Waals surface area contributed by atoms with Gasteiger partial charge in [-0.25, -0.2) is 18.4 Å². The molecule has 3 N–H and O–H groups in total. The summed E-state index contributed by atoms with van der Waals surface area (Å²) >= 11 is 0. The molecule has 2 amide bonds. The smallest absolute Gasteiger partial charge is 0.414 e. The van der Waals surface area contributed by atoms with Gasteiger partial charge in [-0.05, 0) is 68.5 Å². The average Bonchev–Trinajstić information content (AvgIpc) is 2.93. The second-order valence-corrected chi connectivity index (χ2v) is 11.3. The van der Waals surface area contributed by atoms with Crippen molar-refractivity contribution in [2.24, 2.45) is 0 Å². The Kier molecular flexibility index (Phi) is 10.1. The van der Waals surface area contributed by atoms with E-state index < -0.39 is 41.6 Å². The summed E-state index contributed by atoms with van der Waals surface area (Å²) in [7, 11) is 0. The fourth-order valence-electron chi connectivity index (χ4n) is 4.89. The van der Waals surface area contributed by atoms with Gasteiger partial charge in [0.05, 0.1) is 17.8 Å². The molecular weight excluding hydrogens is 544 g/mol. The van der Waals surface area contributed by atoms with Crippen molar-refractivity contribution in [3.8, 4) is 0 Å². The molecule has 4 rings (SSSR count). The number of halogens is 2. The summed E-state index contributed by atoms with van der Waals surface area (Å²) in [6, 6.07) is 18.9. The third-order valence-electron chi connectivity index (χ3n) is 6.79. The van der Waals surface area contributed by atoms with E-state index in [2.05, 4.69) is 10.6 Å². The van der Waals surface area contributed by atoms with Crippen molar-refractivity contribution in [1.82, 2.24) is 10.6 Å². The number of carbonyl (C=O) groups is 2. The van der Waals surface area contributed by atoms with Crippen LogP contribution in [0.2, 0.25) is 0 Å². The Morgan fingerprint density at radius 3 is 2.36 bits per heavy atom. The highest BCUT2D eigenvalue weighted by Gasteiger charge is 2.31. The molecule has 224 valence electrons. The fourth-order valence-corrected chi connectivity index (χ4v) is 4.89. The van der Waals surface area contributed by atoms with Crippen molar-refractivity contribution in [2.45, 2.75) is 64.0 Å². The van der Waals surface area contributed by atoms with Gasteiger partial charge in [0, 0.05) is 25.2 Å². The van der Waals surface area contributed by atoms with Gasteiger partial charge in [0.1, 0.15) is 23.8 Å². The summed E-state index contributed by atoms with van der Waals surface area (Å²) < 4.78 is 38.6. The zero-order chi connectivity index (χ0) is 30.3. The number of aliphatic hydroxyl groups excluding tert-OH is 1. The number of rotatable bonds is 9. The third kappa shape index (κ3) is 8.74. The summed E-state index contributed by atoms with van der Waals surface area (Å²) in [4.78, 5) is 27.1. The number of ether oxygens (including phenoxy) is 2. The maximum atomic E-state index is 13.9. The van der Waals surface area contributed by atoms with E-state index in [0.29, 0.717) is 18.7 Å². The lowest BCUT2D eigenvalue weighted by molar-refractivity contribution is 0.0419. The van der Waals surface area contributed by atoms with Crippen molar-refractivity contribution >= 4 is 17.9 Å². The third-order valence-corrected chi connectivity index (χ3v) is 6.79. The van der Waals surface area contributed by atoms with Crippen LogP contribution < -0.4 is 15.5 Å². The quantitative estimate of drug-likeness (QED) is 0.303. The van der Waals surface area contributed by atoms with E-state index in [9.17, 15) is 23.5 Å². The van der Waals surface area contributed by atoms with Gasteiger partial charge in [-0.1, -0.05) is 48.5 Å². The summed E-state index contributed by atoms with van der Waals surface area (Å²) in [6.45, 7) is 5.73. The highest BCUT2D eigenvalue weighted by molar-refractivity contribution is 5.89. The van der Waals surface area contributed by atoms with Crippen LogP contribution in [0.4, 0.5) is 24.1 Å². The maximum Gasteiger partial charge on any atom is 0.414 e. The topological polar surface area (TPSA) is 100 Å². The molecule has 1 aliphatic heterocycles. The molecule has 1 unspecified atom stereocenters. The minimum atomic E-state index is -1.13. The number of hydrogen-bond acceptors (Lipinski definition) is 6. The number of aliphatic hydroxyl groups is 1. The predicted octanol–water partition coefficient (Wildman–Crippen LogP) is 5.64. The van der Waals surface area contributed by atoms with E-state index in [4.69, 9.17) is 9.47 Å². The van der Waals surface area contributed by atoms with Gasteiger partial charge < -0.3 is 25.2 Å². The Labute approximate surface area is 244 Å². The van der Waals surface area contributed by atoms with E-state index in [1.165, 1.54) is 0 Å². The number of nitrogens with one attached hydrogen (secondary N) is 2. The van der Waals surface area contributed by atoms with E-state index >= 15 is 0 Å². The molecular formula is C32H37F2N3O5. The Balaban J connectivity index is 1.43. The molecule has 0 aromatic heterocycles. The molecule has 42 heavy (non-hydrogen) atoms. The number of benzene rings is 3. The standard InChI is InChI=1S/C32H37F2N3O5/c1-32(2,3)42-30(39)36-27(17-22-15-23(33)18-24(34)16-22)29(38)19-35-26-13-14-37(28-12-8-7-11-25(26)28)31(40)41-20-21-9-5-4-6-10-21/h4-12,15-16,18,26-27,29,35,38H,13-14,17,19-20H2,1-3H3,(H,36,39)/t26?,27-,29+/m0/s1. The molecule has 0 spiro atoms. The summed E-state index contributed by atoms with van der Waals surface area (Å²) in [5.41, 5.74) is 1.95. The number of para-hydroxylation sites is 1. The van der Waals surface area contributed by atoms with Crippen LogP contribution in [-0.2, 0) is 22.5 Å². The van der Waals surface area contributed by atoms with Crippen LogP contribution >= 0.6 is 0 Å². The molecule has 3 aromatic carbocycles. The van der Waals surface area contributed by atoms with E-state index in [1.807, 2.05) is 54.6 Å². The highest BCUT2D eigenvalue weighted by atomic mass is 19.1. The molecule has 0 radical (unpaired) electrons. The molecule has 0 fully saturated rings. The average molecular weight is 582 g/mol. The molecule has 0 saturated heterocycles. The van der Waals surface area contributed by atoms with Crippen LogP contribution in [0.1, 0.15) is 49.9 Å². The molecule has 10 heteroatoms. The van der Waals surface area contributed by atoms with Crippen molar-refractivity contribution in [3.05, 3.63) is 101 Å². The first kappa shape index (κ1) is 30.9. The van der Waals surface area contributed by atoms with Crippen LogP contribution in [-0.4, -0.2) is 48.1 Å². The van der Waals surface area contributed by atoms with Crippen molar-refractivity contribution in [2.75, 3.05) is 18.0 Å². The second-order valence-electron chi connectivity index (χ2n) is 11.3. The van der Waals surface area contributed by atoms with Crippen LogP contribution in [0.3, 0.4) is 0 Å². The largest absolute Gasteiger partial charge is 0.444 e. The van der Waals surface area contributed by atoms with Gasteiger partial charge in [0.15, 0.2) is 0 Å². The molecule has 0 bridgehead atoms. The molecule has 0 saturated carbocycles. The second kappa shape index (κ2) is 13.8. The Hall–Kier alpha value is -4.02. The number of anilines is 1. The number of amides is 2. The predicted molar refractivity (Wildman–Crippen MR) is 155 cm³/mol. The Morgan fingerprint density at radius 2 is 1.67 bits per heavy atom. The summed E-state index contributed by atoms with van der Waals surface area (Å²) in [6.07, 6.45) is -1.82. The monoisotopic (exact) mass is 581 g/mol. The normalized spacial score (nSPS) is 16.2. The number of nitrogens with zero attached hydrogens (tertiary/aromatic N) is 1. The lowest BCUT2D eigenvalue weighted by Gasteiger charge is -2.35. The fraction of sp³-hybridized carbons (Fsp3) is 0.375. The summed E-state index contributed by atoms with van der Waals surface area (Å²) in [5, 5.41) is 17.1. The van der Waals surface area contributed by atoms with Crippen molar-refractivity contribution in [3.63, 3.8) is 0 Å². The Morgan fingerprint density at radius 1 is 1.00 bits per heavy atom. The van der Waals surface area contributed by atoms with Gasteiger partial charge in [0.25, 0.3) is 0 Å². The minimum absolute atomic E-state index is 0.0287. The molecule has 8 nitrogen and oxygen atoms in total. The van der Waals surface area contributed by atoms with Gasteiger partial charge in [-0.3, -0.25) is 4.90 Å². The van der Waals surface area contributed by atoms with Crippen molar-refractivity contribution in [1.29, 1.82) is 0 Å². The van der Waals surface area contributed by atoms with Gasteiger partial charge in [0.2, 0.25) is 0 Å². The molecule has 1 aliphatic rings. The lowest BCUT2D eigenvalue weighted by atomic mass is 9.95. The first-order valence-corrected chi connectivity index (χ1v) is 13.9. The first-order valence-electron chi connectivity index (χ1n) is 13.9. The number of fused-ring (bicyclic) bond motifs is 1. The zero-order valence-corrected chi connectivity index (χ0v) is 24.0. The maximum absolute atomic E-state index is 13.9. The minimum Gasteiger partial charge on any atom is -0.444 e. The van der Waals surface area contributed by atoms with Crippen LogP contribution in [0, 0.1) is 11.6 Å². The van der Waals surface area contributed by atoms with E-state index in [-0.39, 0.29) is 31.2 Å². The molecule has 0 aliphatic carbocycles. The highest BCUT2D eigenvalue weighted by Crippen LogP contribution is 2.34. The number of hydrogen-bond donors (Lipinski definition) is 3. The lowest BCUT2D eigenvalue weighted by Crippen LogP contribution is -2.50. The van der Waals surface area contributed by atoms with E-state index in [1.54, 1.807) is 25.7 Å². The van der Waals surface area contributed by atoms with Crippen LogP contribution in [0.15, 0.2) is 72.8 Å². The SMILES string of the molecule is CC(C)(C)OC(=O)N[C@@H](Cc1cc(F)cc(F)c1)[C@H](O)CNC1CCN(C(=O)OCc2ccccc2)c2ccccc21. The Bertz CT molecular complexity index is 1350. The number of carbonyl (C=O) groups excluding carboxylic acids is 2. The van der Waals surface area contributed by atoms with Gasteiger partial charge >= 0.3 is 12.2 Å². The number of alkyl carbamates (subject to hydrolysis) is 1. The summed E-state index contributed by atoms with van der Waals surface area (Å²) in [5.74, 6) is -1.50. The van der Waals surface area contributed by atoms with Crippen molar-refractivity contribution < 1.29 is 33.0 Å². The van der Waals surface area contributed by atoms with Gasteiger partial charge in [-0.2, -0.15) is 0 Å². The molecule has 1 heterocycles. The van der Waals surface area contributed by atoms with Crippen LogP contribution in [0.5, 0.6) is 0 Å². The molecule has 3 aromatic rings. The van der Waals surface area contributed by atoms with Gasteiger partial charge in [-0.15, -0.1) is 0 Å². The zero-order valence-electron chi connectivity index (χ0n) is 24.0. The first-order chi connectivity index (χ1) is 20.0.